The van der Waals surface area contributed by atoms with Crippen LogP contribution in [0.2, 0.25) is 0 Å². The van der Waals surface area contributed by atoms with Crippen molar-refractivity contribution in [1.82, 2.24) is 44.9 Å². The fourth-order valence-corrected chi connectivity index (χ4v) is 27.8. The van der Waals surface area contributed by atoms with Crippen molar-refractivity contribution < 1.29 is 0 Å². The van der Waals surface area contributed by atoms with Gasteiger partial charge in [-0.05, 0) is 11.1 Å². The van der Waals surface area contributed by atoms with E-state index in [9.17, 15) is 0 Å². The van der Waals surface area contributed by atoms with Gasteiger partial charge in [0.25, 0.3) is 0 Å². The van der Waals surface area contributed by atoms with Gasteiger partial charge < -0.3 is 0 Å². The van der Waals surface area contributed by atoms with Crippen LogP contribution in [0.25, 0.3) is 259 Å². The second kappa shape index (κ2) is 37.8. The Labute approximate surface area is 832 Å². The molecular weight excluding hydrogens is 1910 g/mol. The third kappa shape index (κ3) is 16.6. The van der Waals surface area contributed by atoms with Crippen molar-refractivity contribution in [2.24, 2.45) is 0 Å². The first-order valence-electron chi connectivity index (χ1n) is 47.1. The van der Waals surface area contributed by atoms with Crippen LogP contribution in [0.3, 0.4) is 0 Å². The summed E-state index contributed by atoms with van der Waals surface area (Å²) < 4.78 is 8.70. The molecule has 0 fully saturated rings. The van der Waals surface area contributed by atoms with Crippen molar-refractivity contribution in [3.63, 3.8) is 0 Å². The van der Waals surface area contributed by atoms with E-state index in [4.69, 9.17) is 44.9 Å². The van der Waals surface area contributed by atoms with Crippen LogP contribution < -0.4 is 0 Å². The molecule has 0 saturated heterocycles. The first-order chi connectivity index (χ1) is 69.9. The van der Waals surface area contributed by atoms with Gasteiger partial charge in [-0.15, -0.1) is 0 Å². The molecule has 0 spiro atoms. The number of fused-ring (bicyclic) bond motifs is 12. The van der Waals surface area contributed by atoms with Crippen molar-refractivity contribution in [2.75, 3.05) is 0 Å². The Kier molecular flexibility index (Phi) is 23.0. The zero-order valence-corrected chi connectivity index (χ0v) is 81.2. The van der Waals surface area contributed by atoms with Gasteiger partial charge in [0, 0.05) is 0 Å². The topological polar surface area (TPSA) is 116 Å². The van der Waals surface area contributed by atoms with E-state index in [2.05, 4.69) is 346 Å². The van der Waals surface area contributed by atoms with Gasteiger partial charge in [0.2, 0.25) is 0 Å². The van der Waals surface area contributed by atoms with E-state index in [1.165, 1.54) is 141 Å². The van der Waals surface area contributed by atoms with Gasteiger partial charge >= 0.3 is 767 Å². The molecule has 6 heterocycles. The fourth-order valence-electron chi connectivity index (χ4n) is 19.5. The maximum atomic E-state index is 5.12. The van der Waals surface area contributed by atoms with E-state index < -0.39 is 0 Å². The van der Waals surface area contributed by atoms with Crippen LogP contribution in [0, 0.1) is 0 Å². The molecule has 0 radical (unpaired) electrons. The molecule has 21 aromatic carbocycles. The number of rotatable bonds is 15. The monoisotopic (exact) mass is 2000 g/mol. The Balaban J connectivity index is 0.000000111. The van der Waals surface area contributed by atoms with Crippen LogP contribution in [0.4, 0.5) is 0 Å². The van der Waals surface area contributed by atoms with Crippen LogP contribution in [-0.2, 0) is 0 Å². The molecule has 141 heavy (non-hydrogen) atoms. The molecular formula is C129H81N9Se3. The molecule has 0 aliphatic carbocycles. The molecule has 0 saturated carbocycles. The summed E-state index contributed by atoms with van der Waals surface area (Å²) in [5, 5.41) is 15.2. The van der Waals surface area contributed by atoms with E-state index in [0.29, 0.717) is 52.4 Å². The Morgan fingerprint density at radius 2 is 0.340 bits per heavy atom. The molecule has 0 bridgehead atoms. The van der Waals surface area contributed by atoms with Gasteiger partial charge in [0.15, 0.2) is 0 Å². The molecule has 0 unspecified atom stereocenters. The molecule has 0 atom stereocenters. The Hall–Kier alpha value is -17.0. The maximum absolute atomic E-state index is 5.12. The van der Waals surface area contributed by atoms with Crippen molar-refractivity contribution in [1.29, 1.82) is 0 Å². The molecule has 0 amide bonds. The average molecular weight is 1990 g/mol. The number of benzene rings is 21. The van der Waals surface area contributed by atoms with E-state index in [0.717, 1.165) is 66.4 Å². The van der Waals surface area contributed by atoms with Gasteiger partial charge in [-0.3, -0.25) is 0 Å². The minimum atomic E-state index is 0.164. The molecule has 0 aliphatic heterocycles. The van der Waals surface area contributed by atoms with Crippen LogP contribution >= 0.6 is 0 Å². The normalized spacial score (nSPS) is 11.4. The van der Waals surface area contributed by atoms with E-state index in [1.54, 1.807) is 0 Å². The van der Waals surface area contributed by atoms with Crippen molar-refractivity contribution in [3.8, 4) is 169 Å². The van der Waals surface area contributed by atoms with Gasteiger partial charge in [0.1, 0.15) is 0 Å². The zero-order valence-electron chi connectivity index (χ0n) is 76.0. The van der Waals surface area contributed by atoms with Crippen LogP contribution in [-0.4, -0.2) is 88.4 Å². The number of aromatic nitrogens is 9. The summed E-state index contributed by atoms with van der Waals surface area (Å²) >= 11 is 0.583. The van der Waals surface area contributed by atoms with E-state index >= 15 is 0 Å². The minimum absolute atomic E-state index is 0.164. The average Bonchev–Trinajstić information content (AvgIpc) is 1.55. The molecule has 0 aliphatic rings. The molecule has 6 aromatic heterocycles. The standard InChI is InChI=1S/3C43H27N3Se/c1-4-13-28(14-5-1)33-20-11-23-36-37-24-12-22-35(40(37)47-39(33)36)34-21-10-19-29-25-26-32(27-38(29)34)43-45-41(30-15-6-2-7-16-30)44-42(46-43)31-17-8-3-9-18-31;1-4-14-28(15-5-1)31-22-12-24-36-37-25-13-23-35(40(37)47-39(31)36)34-26-27-38(33-21-11-10-20-32(33)34)43-45-41(29-16-6-2-7-17-29)44-42(46-43)30-18-8-3-9-19-30;1-3-12-28(13-4-1)29-24-26-31(27-25-29)42-44-41(30-14-5-2-6-15-30)45-43(46-42)38-22-10-17-32-33(18-9-19-34(32)38)36-20-11-21-37-35-16-7-8-23-39(35)47-40(36)37/h3*1-27H. The number of hydrogen-bond donors (Lipinski definition) is 0. The summed E-state index contributed by atoms with van der Waals surface area (Å²) in [6.07, 6.45) is 0. The molecule has 12 heteroatoms. The van der Waals surface area contributed by atoms with Crippen molar-refractivity contribution in [3.05, 3.63) is 491 Å². The van der Waals surface area contributed by atoms with Gasteiger partial charge in [-0.25, -0.2) is 0 Å². The van der Waals surface area contributed by atoms with Crippen molar-refractivity contribution in [2.45, 2.75) is 0 Å². The van der Waals surface area contributed by atoms with E-state index in [1.807, 2.05) is 146 Å². The quantitative estimate of drug-likeness (QED) is 0.0925. The van der Waals surface area contributed by atoms with Crippen LogP contribution in [0.5, 0.6) is 0 Å². The summed E-state index contributed by atoms with van der Waals surface area (Å²) in [6.45, 7) is 0. The molecule has 9 nitrogen and oxygen atoms in total. The second-order valence-corrected chi connectivity index (χ2v) is 41.3. The summed E-state index contributed by atoms with van der Waals surface area (Å²) in [5.74, 6) is 5.97. The Morgan fingerprint density at radius 3 is 0.745 bits per heavy atom. The third-order valence-electron chi connectivity index (χ3n) is 26.3. The number of hydrogen-bond acceptors (Lipinski definition) is 9. The van der Waals surface area contributed by atoms with Gasteiger partial charge in [-0.2, -0.15) is 0 Å². The van der Waals surface area contributed by atoms with E-state index in [-0.39, 0.29) is 43.5 Å². The molecule has 27 rings (SSSR count). The van der Waals surface area contributed by atoms with Crippen molar-refractivity contribution >= 4 is 134 Å². The molecule has 27 aromatic rings. The Bertz CT molecular complexity index is 9120. The summed E-state index contributed by atoms with van der Waals surface area (Å²) in [5.41, 5.74) is 23.9. The molecule has 660 valence electrons. The predicted molar refractivity (Wildman–Crippen MR) is 589 cm³/mol. The first-order valence-corrected chi connectivity index (χ1v) is 52.3. The van der Waals surface area contributed by atoms with Gasteiger partial charge in [-0.1, -0.05) is 60.7 Å². The zero-order chi connectivity index (χ0) is 93.5. The Morgan fingerprint density at radius 1 is 0.113 bits per heavy atom. The predicted octanol–water partition coefficient (Wildman–Crippen LogP) is 32.2. The van der Waals surface area contributed by atoms with Gasteiger partial charge in [0.05, 0.1) is 0 Å². The first kappa shape index (κ1) is 85.6. The fraction of sp³-hybridized carbons (Fsp3) is 0. The summed E-state index contributed by atoms with van der Waals surface area (Å²) in [7, 11) is 0. The second-order valence-electron chi connectivity index (χ2n) is 34.8. The summed E-state index contributed by atoms with van der Waals surface area (Å²) in [4.78, 5) is 45.1. The number of nitrogens with zero attached hydrogens (tertiary/aromatic N) is 9. The van der Waals surface area contributed by atoms with Crippen LogP contribution in [0.15, 0.2) is 491 Å². The summed E-state index contributed by atoms with van der Waals surface area (Å²) in [6, 6.07) is 173. The SMILES string of the molecule is c1ccc(-c2ccc(-c3nc(-c4ccccc4)nc(-c4cccc5c(-c6cccc7c6[se]c6ccccc67)cccc45)n3)cc2)cc1.c1ccc(-c2nc(-c3ccccc3)nc(-c3ccc(-c4cccc5c4[se]c4c(-c6ccccc6)cccc45)c4ccccc34)n2)cc1.c1ccc(-c2nc(-c3ccccc3)nc(-c3ccc4cccc(-c5cccc6c5[se]c5c(-c7ccccc7)cccc56)c4c3)n2)cc1. The molecule has 0 N–H and O–H groups in total. The van der Waals surface area contributed by atoms with Crippen LogP contribution in [0.1, 0.15) is 0 Å². The third-order valence-corrected chi connectivity index (χ3v) is 34.2.